The summed E-state index contributed by atoms with van der Waals surface area (Å²) in [6.07, 6.45) is 0. The molecule has 1 nitrogen and oxygen atoms in total. The number of halogens is 3. The fourth-order valence-electron chi connectivity index (χ4n) is 1.90. The number of anilines is 1. The molecule has 0 aromatic heterocycles. The van der Waals surface area contributed by atoms with Crippen LogP contribution in [0.2, 0.25) is 5.02 Å². The molecule has 0 aliphatic rings. The molecule has 2 aromatic carbocycles. The maximum absolute atomic E-state index is 6.24. The Kier molecular flexibility index (Phi) is 4.93. The van der Waals surface area contributed by atoms with Crippen LogP contribution in [0.5, 0.6) is 0 Å². The fraction of sp³-hybridized carbons (Fsp3) is 0.200. The van der Waals surface area contributed by atoms with Gasteiger partial charge in [-0.2, -0.15) is 0 Å². The van der Waals surface area contributed by atoms with Crippen LogP contribution in [0.4, 0.5) is 5.69 Å². The smallest absolute Gasteiger partial charge is 0.0640 e. The first-order chi connectivity index (χ1) is 8.97. The van der Waals surface area contributed by atoms with Gasteiger partial charge in [0.25, 0.3) is 0 Å². The van der Waals surface area contributed by atoms with Crippen molar-refractivity contribution in [2.24, 2.45) is 0 Å². The van der Waals surface area contributed by atoms with E-state index in [1.165, 1.54) is 5.56 Å². The minimum absolute atomic E-state index is 0.169. The molecule has 0 bridgehead atoms. The highest BCUT2D eigenvalue weighted by Gasteiger charge is 2.11. The van der Waals surface area contributed by atoms with Gasteiger partial charge in [0.05, 0.1) is 10.7 Å². The normalized spacial score (nSPS) is 12.3. The molecule has 19 heavy (non-hydrogen) atoms. The van der Waals surface area contributed by atoms with Gasteiger partial charge in [-0.1, -0.05) is 55.6 Å². The van der Waals surface area contributed by atoms with Gasteiger partial charge >= 0.3 is 0 Å². The highest BCUT2D eigenvalue weighted by atomic mass is 79.9. The Bertz CT molecular complexity index is 599. The molecule has 0 aliphatic carbocycles. The lowest BCUT2D eigenvalue weighted by atomic mass is 10.1. The van der Waals surface area contributed by atoms with E-state index >= 15 is 0 Å². The number of nitrogens with one attached hydrogen (secondary N) is 1. The molecule has 1 N–H and O–H groups in total. The molecule has 0 heterocycles. The predicted molar refractivity (Wildman–Crippen MR) is 90.1 cm³/mol. The Morgan fingerprint density at radius 3 is 2.47 bits per heavy atom. The molecule has 0 amide bonds. The molecule has 1 atom stereocenters. The molecule has 4 heteroatoms. The van der Waals surface area contributed by atoms with Crippen molar-refractivity contribution < 1.29 is 0 Å². The van der Waals surface area contributed by atoms with E-state index in [9.17, 15) is 0 Å². The highest BCUT2D eigenvalue weighted by Crippen LogP contribution is 2.31. The Labute approximate surface area is 135 Å². The van der Waals surface area contributed by atoms with Crippen LogP contribution in [0.25, 0.3) is 0 Å². The summed E-state index contributed by atoms with van der Waals surface area (Å²) in [5.74, 6) is 0. The first kappa shape index (κ1) is 14.9. The molecule has 0 fully saturated rings. The summed E-state index contributed by atoms with van der Waals surface area (Å²) in [4.78, 5) is 0. The lowest BCUT2D eigenvalue weighted by Gasteiger charge is -2.18. The van der Waals surface area contributed by atoms with Crippen LogP contribution < -0.4 is 5.32 Å². The number of hydrogen-bond donors (Lipinski definition) is 1. The number of benzene rings is 2. The van der Waals surface area contributed by atoms with Crippen LogP contribution in [0, 0.1) is 6.92 Å². The first-order valence-electron chi connectivity index (χ1n) is 5.95. The molecule has 0 radical (unpaired) electrons. The zero-order valence-corrected chi connectivity index (χ0v) is 14.6. The van der Waals surface area contributed by atoms with Crippen molar-refractivity contribution in [1.82, 2.24) is 0 Å². The summed E-state index contributed by atoms with van der Waals surface area (Å²) < 4.78 is 2.13. The quantitative estimate of drug-likeness (QED) is 0.630. The molecular formula is C15H14Br2ClN. The van der Waals surface area contributed by atoms with Crippen molar-refractivity contribution in [2.75, 3.05) is 5.32 Å². The van der Waals surface area contributed by atoms with Crippen LogP contribution in [-0.2, 0) is 0 Å². The van der Waals surface area contributed by atoms with E-state index in [4.69, 9.17) is 11.6 Å². The second kappa shape index (κ2) is 6.29. The van der Waals surface area contributed by atoms with Crippen LogP contribution in [0.1, 0.15) is 24.1 Å². The van der Waals surface area contributed by atoms with Crippen LogP contribution >= 0.6 is 43.5 Å². The van der Waals surface area contributed by atoms with Gasteiger partial charge in [-0.15, -0.1) is 0 Å². The van der Waals surface area contributed by atoms with E-state index in [-0.39, 0.29) is 6.04 Å². The summed E-state index contributed by atoms with van der Waals surface area (Å²) in [5.41, 5.74) is 3.31. The Morgan fingerprint density at radius 1 is 1.11 bits per heavy atom. The number of hydrogen-bond acceptors (Lipinski definition) is 1. The highest BCUT2D eigenvalue weighted by molar-refractivity contribution is 9.11. The SMILES string of the molecule is Cc1ccc(NC(C)c2ccc(Br)cc2Br)c(Cl)c1. The van der Waals surface area contributed by atoms with Crippen molar-refractivity contribution in [3.63, 3.8) is 0 Å². The second-order valence-corrected chi connectivity index (χ2v) is 6.69. The van der Waals surface area contributed by atoms with Gasteiger partial charge in [0.1, 0.15) is 0 Å². The van der Waals surface area contributed by atoms with Gasteiger partial charge < -0.3 is 5.32 Å². The minimum atomic E-state index is 0.169. The van der Waals surface area contributed by atoms with Gasteiger partial charge in [-0.25, -0.2) is 0 Å². The zero-order chi connectivity index (χ0) is 14.0. The third-order valence-corrected chi connectivity index (χ3v) is 4.42. The topological polar surface area (TPSA) is 12.0 Å². The maximum Gasteiger partial charge on any atom is 0.0640 e. The maximum atomic E-state index is 6.24. The largest absolute Gasteiger partial charge is 0.377 e. The van der Waals surface area contributed by atoms with E-state index in [0.717, 1.165) is 25.2 Å². The molecule has 0 saturated heterocycles. The van der Waals surface area contributed by atoms with Gasteiger partial charge in [-0.05, 0) is 49.2 Å². The van der Waals surface area contributed by atoms with E-state index in [1.54, 1.807) is 0 Å². The van der Waals surface area contributed by atoms with Crippen LogP contribution in [0.3, 0.4) is 0 Å². The average Bonchev–Trinajstić information content (AvgIpc) is 2.32. The summed E-state index contributed by atoms with van der Waals surface area (Å²) in [5, 5.41) is 4.19. The van der Waals surface area contributed by atoms with Crippen molar-refractivity contribution in [3.05, 3.63) is 61.5 Å². The monoisotopic (exact) mass is 401 g/mol. The van der Waals surface area contributed by atoms with Crippen LogP contribution in [0.15, 0.2) is 45.3 Å². The van der Waals surface area contributed by atoms with Crippen LogP contribution in [-0.4, -0.2) is 0 Å². The third-order valence-electron chi connectivity index (χ3n) is 2.93. The van der Waals surface area contributed by atoms with E-state index < -0.39 is 0 Å². The summed E-state index contributed by atoms with van der Waals surface area (Å²) in [6.45, 7) is 4.15. The van der Waals surface area contributed by atoms with E-state index in [2.05, 4.69) is 56.2 Å². The van der Waals surface area contributed by atoms with E-state index in [0.29, 0.717) is 0 Å². The Balaban J connectivity index is 2.23. The number of rotatable bonds is 3. The summed E-state index contributed by atoms with van der Waals surface area (Å²) >= 11 is 13.3. The molecule has 0 saturated carbocycles. The zero-order valence-electron chi connectivity index (χ0n) is 10.7. The molecule has 1 unspecified atom stereocenters. The summed E-state index contributed by atoms with van der Waals surface area (Å²) in [6, 6.07) is 12.4. The lowest BCUT2D eigenvalue weighted by Crippen LogP contribution is -2.07. The Morgan fingerprint density at radius 2 is 1.84 bits per heavy atom. The molecule has 2 aromatic rings. The Hall–Kier alpha value is -0.510. The molecule has 0 aliphatic heterocycles. The van der Waals surface area contributed by atoms with Crippen molar-refractivity contribution in [1.29, 1.82) is 0 Å². The van der Waals surface area contributed by atoms with Gasteiger partial charge in [0.15, 0.2) is 0 Å². The summed E-state index contributed by atoms with van der Waals surface area (Å²) in [7, 11) is 0. The minimum Gasteiger partial charge on any atom is -0.377 e. The third kappa shape index (κ3) is 3.74. The van der Waals surface area contributed by atoms with E-state index in [1.807, 2.05) is 31.2 Å². The average molecular weight is 404 g/mol. The molecule has 2 rings (SSSR count). The molecular weight excluding hydrogens is 389 g/mol. The standard InChI is InChI=1S/C15H14Br2ClN/c1-9-3-6-15(14(18)7-9)19-10(2)12-5-4-11(16)8-13(12)17/h3-8,10,19H,1-2H3. The van der Waals surface area contributed by atoms with Crippen molar-refractivity contribution >= 4 is 49.1 Å². The van der Waals surface area contributed by atoms with Gasteiger partial charge in [0.2, 0.25) is 0 Å². The van der Waals surface area contributed by atoms with Gasteiger partial charge in [0, 0.05) is 15.0 Å². The second-order valence-electron chi connectivity index (χ2n) is 4.52. The predicted octanol–water partition coefficient (Wildman–Crippen LogP) is 6.35. The van der Waals surface area contributed by atoms with Crippen molar-refractivity contribution in [3.8, 4) is 0 Å². The first-order valence-corrected chi connectivity index (χ1v) is 7.91. The lowest BCUT2D eigenvalue weighted by molar-refractivity contribution is 0.878. The van der Waals surface area contributed by atoms with Gasteiger partial charge in [-0.3, -0.25) is 0 Å². The fourth-order valence-corrected chi connectivity index (χ4v) is 3.58. The van der Waals surface area contributed by atoms with Crippen molar-refractivity contribution in [2.45, 2.75) is 19.9 Å². The number of aryl methyl sites for hydroxylation is 1. The molecule has 100 valence electrons. The molecule has 0 spiro atoms.